The Balaban J connectivity index is 1.56. The van der Waals surface area contributed by atoms with Gasteiger partial charge < -0.3 is 20.4 Å². The van der Waals surface area contributed by atoms with Crippen molar-refractivity contribution < 1.29 is 14.0 Å². The van der Waals surface area contributed by atoms with Gasteiger partial charge in [0.1, 0.15) is 11.3 Å². The Morgan fingerprint density at radius 1 is 1.00 bits per heavy atom. The summed E-state index contributed by atoms with van der Waals surface area (Å²) in [7, 11) is 0. The lowest BCUT2D eigenvalue weighted by molar-refractivity contribution is 0.0949. The predicted octanol–water partition coefficient (Wildman–Crippen LogP) is 4.70. The number of hydrogen-bond acceptors (Lipinski definition) is 3. The van der Waals surface area contributed by atoms with Crippen LogP contribution in [0.25, 0.3) is 11.0 Å². The largest absolute Gasteiger partial charge is 0.459 e. The SMILES string of the molecule is CC(C)CNC(=O)c1ccc(NC(=O)NC(C)c2cc3ccccc3o2)cc1. The van der Waals surface area contributed by atoms with E-state index < -0.39 is 0 Å². The highest BCUT2D eigenvalue weighted by Gasteiger charge is 2.14. The van der Waals surface area contributed by atoms with Crippen molar-refractivity contribution in [1.82, 2.24) is 10.6 Å². The number of carbonyl (C=O) groups excluding carboxylic acids is 2. The van der Waals surface area contributed by atoms with Gasteiger partial charge in [0.25, 0.3) is 5.91 Å². The second-order valence-electron chi connectivity index (χ2n) is 7.19. The van der Waals surface area contributed by atoms with Crippen LogP contribution in [0.15, 0.2) is 59.0 Å². The van der Waals surface area contributed by atoms with E-state index >= 15 is 0 Å². The van der Waals surface area contributed by atoms with E-state index in [1.165, 1.54) is 0 Å². The third kappa shape index (κ3) is 4.91. The van der Waals surface area contributed by atoms with E-state index in [0.29, 0.717) is 29.5 Å². The van der Waals surface area contributed by atoms with Gasteiger partial charge in [-0.3, -0.25) is 4.79 Å². The van der Waals surface area contributed by atoms with E-state index in [4.69, 9.17) is 4.42 Å². The van der Waals surface area contributed by atoms with Crippen LogP contribution in [0.3, 0.4) is 0 Å². The van der Waals surface area contributed by atoms with E-state index in [1.54, 1.807) is 24.3 Å². The van der Waals surface area contributed by atoms with Crippen LogP contribution in [0.5, 0.6) is 0 Å². The Labute approximate surface area is 164 Å². The summed E-state index contributed by atoms with van der Waals surface area (Å²) in [5.74, 6) is 0.957. The fourth-order valence-corrected chi connectivity index (χ4v) is 2.75. The molecule has 3 aromatic rings. The molecule has 1 unspecified atom stereocenters. The first-order valence-electron chi connectivity index (χ1n) is 9.36. The Kier molecular flexibility index (Phi) is 5.99. The molecule has 1 heterocycles. The molecule has 3 amide bonds. The maximum Gasteiger partial charge on any atom is 0.319 e. The zero-order chi connectivity index (χ0) is 20.1. The molecule has 0 radical (unpaired) electrons. The van der Waals surface area contributed by atoms with Crippen molar-refractivity contribution in [3.63, 3.8) is 0 Å². The molecule has 0 aliphatic carbocycles. The Bertz CT molecular complexity index is 928. The number of furan rings is 1. The second-order valence-corrected chi connectivity index (χ2v) is 7.19. The van der Waals surface area contributed by atoms with E-state index in [0.717, 1.165) is 11.0 Å². The van der Waals surface area contributed by atoms with Crippen molar-refractivity contribution in [2.75, 3.05) is 11.9 Å². The molecule has 1 aromatic heterocycles. The molecule has 1 atom stereocenters. The number of benzene rings is 2. The monoisotopic (exact) mass is 379 g/mol. The van der Waals surface area contributed by atoms with Gasteiger partial charge in [-0.25, -0.2) is 4.79 Å². The average molecular weight is 379 g/mol. The number of nitrogens with one attached hydrogen (secondary N) is 3. The first-order valence-corrected chi connectivity index (χ1v) is 9.36. The lowest BCUT2D eigenvalue weighted by Crippen LogP contribution is -2.31. The minimum Gasteiger partial charge on any atom is -0.459 e. The van der Waals surface area contributed by atoms with Crippen molar-refractivity contribution in [3.05, 3.63) is 65.9 Å². The molecular weight excluding hydrogens is 354 g/mol. The second kappa shape index (κ2) is 8.61. The summed E-state index contributed by atoms with van der Waals surface area (Å²) in [5, 5.41) is 9.48. The van der Waals surface area contributed by atoms with E-state index in [2.05, 4.69) is 16.0 Å². The lowest BCUT2D eigenvalue weighted by atomic mass is 10.1. The van der Waals surface area contributed by atoms with Gasteiger partial charge in [0.05, 0.1) is 6.04 Å². The Morgan fingerprint density at radius 2 is 1.71 bits per heavy atom. The maximum atomic E-state index is 12.3. The molecule has 0 aliphatic rings. The predicted molar refractivity (Wildman–Crippen MR) is 110 cm³/mol. The maximum absolute atomic E-state index is 12.3. The first kappa shape index (κ1) is 19.5. The van der Waals surface area contributed by atoms with Crippen molar-refractivity contribution in [2.24, 2.45) is 5.92 Å². The topological polar surface area (TPSA) is 83.4 Å². The average Bonchev–Trinajstić information content (AvgIpc) is 3.11. The van der Waals surface area contributed by atoms with Crippen LogP contribution in [0, 0.1) is 5.92 Å². The highest BCUT2D eigenvalue weighted by molar-refractivity contribution is 5.95. The molecule has 146 valence electrons. The molecule has 3 N–H and O–H groups in total. The van der Waals surface area contributed by atoms with Gasteiger partial charge in [0.15, 0.2) is 0 Å². The van der Waals surface area contributed by atoms with Gasteiger partial charge in [0, 0.05) is 23.2 Å². The summed E-state index contributed by atoms with van der Waals surface area (Å²) in [6.45, 7) is 6.57. The number of para-hydroxylation sites is 1. The quantitative estimate of drug-likeness (QED) is 0.580. The zero-order valence-corrected chi connectivity index (χ0v) is 16.3. The fourth-order valence-electron chi connectivity index (χ4n) is 2.75. The summed E-state index contributed by atoms with van der Waals surface area (Å²) in [6, 6.07) is 15.8. The fraction of sp³-hybridized carbons (Fsp3) is 0.273. The number of hydrogen-bond donors (Lipinski definition) is 3. The Hall–Kier alpha value is -3.28. The van der Waals surface area contributed by atoms with Crippen LogP contribution in [0.4, 0.5) is 10.5 Å². The zero-order valence-electron chi connectivity index (χ0n) is 16.3. The number of fused-ring (bicyclic) bond motifs is 1. The van der Waals surface area contributed by atoms with Gasteiger partial charge in [-0.2, -0.15) is 0 Å². The van der Waals surface area contributed by atoms with Gasteiger partial charge in [-0.15, -0.1) is 0 Å². The number of amides is 3. The van der Waals surface area contributed by atoms with Crippen molar-refractivity contribution in [2.45, 2.75) is 26.8 Å². The van der Waals surface area contributed by atoms with E-state index in [1.807, 2.05) is 51.1 Å². The molecule has 6 nitrogen and oxygen atoms in total. The van der Waals surface area contributed by atoms with Gasteiger partial charge in [0.2, 0.25) is 0 Å². The smallest absolute Gasteiger partial charge is 0.319 e. The van der Waals surface area contributed by atoms with Crippen molar-refractivity contribution >= 4 is 28.6 Å². The molecule has 0 fully saturated rings. The molecule has 0 saturated heterocycles. The van der Waals surface area contributed by atoms with Crippen LogP contribution < -0.4 is 16.0 Å². The minimum absolute atomic E-state index is 0.122. The number of carbonyl (C=O) groups is 2. The van der Waals surface area contributed by atoms with Gasteiger partial charge in [-0.1, -0.05) is 32.0 Å². The van der Waals surface area contributed by atoms with Crippen LogP contribution >= 0.6 is 0 Å². The molecule has 6 heteroatoms. The summed E-state index contributed by atoms with van der Waals surface area (Å²) in [5.41, 5.74) is 1.95. The Morgan fingerprint density at radius 3 is 2.39 bits per heavy atom. The third-order valence-electron chi connectivity index (χ3n) is 4.29. The van der Waals surface area contributed by atoms with Crippen LogP contribution in [-0.4, -0.2) is 18.5 Å². The highest BCUT2D eigenvalue weighted by Crippen LogP contribution is 2.23. The third-order valence-corrected chi connectivity index (χ3v) is 4.29. The first-order chi connectivity index (χ1) is 13.4. The van der Waals surface area contributed by atoms with Crippen LogP contribution in [0.1, 0.15) is 42.9 Å². The van der Waals surface area contributed by atoms with Crippen molar-refractivity contribution in [3.8, 4) is 0 Å². The van der Waals surface area contributed by atoms with Crippen LogP contribution in [-0.2, 0) is 0 Å². The molecule has 0 aliphatic heterocycles. The molecule has 3 rings (SSSR count). The summed E-state index contributed by atoms with van der Waals surface area (Å²) < 4.78 is 5.78. The summed E-state index contributed by atoms with van der Waals surface area (Å²) in [6.07, 6.45) is 0. The van der Waals surface area contributed by atoms with Gasteiger partial charge in [-0.05, 0) is 49.2 Å². The number of rotatable bonds is 6. The molecule has 28 heavy (non-hydrogen) atoms. The van der Waals surface area contributed by atoms with E-state index in [9.17, 15) is 9.59 Å². The van der Waals surface area contributed by atoms with Gasteiger partial charge >= 0.3 is 6.03 Å². The highest BCUT2D eigenvalue weighted by atomic mass is 16.3. The van der Waals surface area contributed by atoms with Crippen LogP contribution in [0.2, 0.25) is 0 Å². The molecular formula is C22H25N3O3. The summed E-state index contributed by atoms with van der Waals surface area (Å²) in [4.78, 5) is 24.3. The molecule has 2 aromatic carbocycles. The minimum atomic E-state index is -0.343. The molecule has 0 spiro atoms. The molecule has 0 bridgehead atoms. The standard InChI is InChI=1S/C22H25N3O3/c1-14(2)13-23-21(26)16-8-10-18(11-9-16)25-22(27)24-15(3)20-12-17-6-4-5-7-19(17)28-20/h4-12,14-15H,13H2,1-3H3,(H,23,26)(H2,24,25,27). The summed E-state index contributed by atoms with van der Waals surface area (Å²) >= 11 is 0. The van der Waals surface area contributed by atoms with Crippen molar-refractivity contribution in [1.29, 1.82) is 0 Å². The number of anilines is 1. The normalized spacial score (nSPS) is 12.0. The number of urea groups is 1. The lowest BCUT2D eigenvalue weighted by Gasteiger charge is -2.13. The molecule has 0 saturated carbocycles. The van der Waals surface area contributed by atoms with E-state index in [-0.39, 0.29) is 18.0 Å².